The molecule has 2 N–H and O–H groups in total. The molecular formula is C8H15NO2. The van der Waals surface area contributed by atoms with Crippen molar-refractivity contribution in [3.63, 3.8) is 0 Å². The largest absolute Gasteiger partial charge is 0.468 e. The first kappa shape index (κ1) is 8.53. The second-order valence-corrected chi connectivity index (χ2v) is 3.80. The van der Waals surface area contributed by atoms with Crippen molar-refractivity contribution in [2.75, 3.05) is 7.11 Å². The lowest BCUT2D eigenvalue weighted by Crippen LogP contribution is -2.39. The van der Waals surface area contributed by atoms with Crippen LogP contribution in [0.2, 0.25) is 0 Å². The summed E-state index contributed by atoms with van der Waals surface area (Å²) in [6.07, 6.45) is 0. The van der Waals surface area contributed by atoms with Gasteiger partial charge in [-0.25, -0.2) is 0 Å². The van der Waals surface area contributed by atoms with Gasteiger partial charge in [-0.15, -0.1) is 0 Å². The first-order chi connectivity index (χ1) is 4.89. The molecule has 1 fully saturated rings. The topological polar surface area (TPSA) is 52.3 Å². The van der Waals surface area contributed by atoms with E-state index in [0.717, 1.165) is 0 Å². The summed E-state index contributed by atoms with van der Waals surface area (Å²) < 4.78 is 4.62. The summed E-state index contributed by atoms with van der Waals surface area (Å²) in [5, 5.41) is 0. The Balaban J connectivity index is 2.82. The Hall–Kier alpha value is -0.570. The van der Waals surface area contributed by atoms with E-state index in [1.165, 1.54) is 7.11 Å². The van der Waals surface area contributed by atoms with Crippen LogP contribution in [0, 0.1) is 11.3 Å². The maximum Gasteiger partial charge on any atom is 0.326 e. The third-order valence-corrected chi connectivity index (χ3v) is 3.27. The van der Waals surface area contributed by atoms with Gasteiger partial charge in [0.2, 0.25) is 0 Å². The van der Waals surface area contributed by atoms with Crippen LogP contribution in [-0.2, 0) is 9.53 Å². The SMILES string of the molecule is COC(=O)[C@]1(N)[C@@H](C)C1(C)C. The number of methoxy groups -OCH3 is 1. The fourth-order valence-electron chi connectivity index (χ4n) is 1.67. The van der Waals surface area contributed by atoms with Gasteiger partial charge in [0, 0.05) is 0 Å². The van der Waals surface area contributed by atoms with Crippen LogP contribution >= 0.6 is 0 Å². The molecule has 0 bridgehead atoms. The highest BCUT2D eigenvalue weighted by Crippen LogP contribution is 2.59. The molecule has 0 unspecified atom stereocenters. The third kappa shape index (κ3) is 0.745. The molecule has 0 amide bonds. The van der Waals surface area contributed by atoms with Crippen molar-refractivity contribution in [2.24, 2.45) is 17.1 Å². The summed E-state index contributed by atoms with van der Waals surface area (Å²) in [4.78, 5) is 11.2. The summed E-state index contributed by atoms with van der Waals surface area (Å²) in [7, 11) is 1.37. The Morgan fingerprint density at radius 1 is 1.55 bits per heavy atom. The van der Waals surface area contributed by atoms with E-state index in [1.54, 1.807) is 0 Å². The summed E-state index contributed by atoms with van der Waals surface area (Å²) in [6.45, 7) is 5.93. The van der Waals surface area contributed by atoms with Crippen LogP contribution in [0.4, 0.5) is 0 Å². The Morgan fingerprint density at radius 2 is 1.91 bits per heavy atom. The third-order valence-electron chi connectivity index (χ3n) is 3.27. The number of carbonyl (C=O) groups excluding carboxylic acids is 1. The molecule has 0 aromatic rings. The van der Waals surface area contributed by atoms with Gasteiger partial charge in [-0.2, -0.15) is 0 Å². The molecule has 64 valence electrons. The maximum atomic E-state index is 11.2. The minimum absolute atomic E-state index is 0.111. The number of ether oxygens (including phenoxy) is 1. The van der Waals surface area contributed by atoms with Crippen LogP contribution in [0.3, 0.4) is 0 Å². The molecule has 1 aliphatic rings. The fraction of sp³-hybridized carbons (Fsp3) is 0.875. The van der Waals surface area contributed by atoms with Crippen molar-refractivity contribution < 1.29 is 9.53 Å². The molecule has 0 radical (unpaired) electrons. The molecule has 0 aromatic heterocycles. The number of nitrogens with two attached hydrogens (primary N) is 1. The van der Waals surface area contributed by atoms with Crippen LogP contribution in [0.15, 0.2) is 0 Å². The number of hydrogen-bond acceptors (Lipinski definition) is 3. The van der Waals surface area contributed by atoms with Crippen LogP contribution in [0.25, 0.3) is 0 Å². The van der Waals surface area contributed by atoms with Gasteiger partial charge in [0.1, 0.15) is 5.54 Å². The predicted octanol–water partition coefficient (Wildman–Crippen LogP) is 0.533. The highest BCUT2D eigenvalue weighted by atomic mass is 16.5. The second kappa shape index (κ2) is 1.97. The minimum Gasteiger partial charge on any atom is -0.468 e. The molecule has 0 spiro atoms. The lowest BCUT2D eigenvalue weighted by atomic mass is 10.1. The van der Waals surface area contributed by atoms with E-state index in [1.807, 2.05) is 20.8 Å². The summed E-state index contributed by atoms with van der Waals surface area (Å²) in [5.41, 5.74) is 4.99. The monoisotopic (exact) mass is 157 g/mol. The normalized spacial score (nSPS) is 39.9. The molecule has 1 saturated carbocycles. The molecule has 1 aliphatic carbocycles. The van der Waals surface area contributed by atoms with Gasteiger partial charge in [-0.3, -0.25) is 4.79 Å². The zero-order chi connectivity index (χ0) is 8.86. The van der Waals surface area contributed by atoms with E-state index in [2.05, 4.69) is 4.74 Å². The number of esters is 1. The highest BCUT2D eigenvalue weighted by molar-refractivity contribution is 5.86. The lowest BCUT2D eigenvalue weighted by Gasteiger charge is -2.10. The van der Waals surface area contributed by atoms with E-state index in [0.29, 0.717) is 0 Å². The predicted molar refractivity (Wildman–Crippen MR) is 41.9 cm³/mol. The zero-order valence-electron chi connectivity index (χ0n) is 7.47. The van der Waals surface area contributed by atoms with Crippen molar-refractivity contribution in [2.45, 2.75) is 26.3 Å². The van der Waals surface area contributed by atoms with Crippen LogP contribution in [0.1, 0.15) is 20.8 Å². The summed E-state index contributed by atoms with van der Waals surface area (Å²) in [5.74, 6) is -0.0857. The fourth-order valence-corrected chi connectivity index (χ4v) is 1.67. The summed E-state index contributed by atoms with van der Waals surface area (Å²) in [6, 6.07) is 0. The zero-order valence-corrected chi connectivity index (χ0v) is 7.47. The van der Waals surface area contributed by atoms with Gasteiger partial charge in [0.15, 0.2) is 0 Å². The molecule has 1 rings (SSSR count). The second-order valence-electron chi connectivity index (χ2n) is 3.80. The van der Waals surface area contributed by atoms with Crippen molar-refractivity contribution >= 4 is 5.97 Å². The van der Waals surface area contributed by atoms with Crippen LogP contribution < -0.4 is 5.73 Å². The van der Waals surface area contributed by atoms with Crippen molar-refractivity contribution in [1.29, 1.82) is 0 Å². The number of carbonyl (C=O) groups is 1. The van der Waals surface area contributed by atoms with Crippen LogP contribution in [-0.4, -0.2) is 18.6 Å². The first-order valence-electron chi connectivity index (χ1n) is 3.76. The molecular weight excluding hydrogens is 142 g/mol. The molecule has 11 heavy (non-hydrogen) atoms. The standard InChI is InChI=1S/C8H15NO2/c1-5-7(2,3)8(5,9)6(10)11-4/h5H,9H2,1-4H3/t5-,8+/m0/s1. The van der Waals surface area contributed by atoms with E-state index in [-0.39, 0.29) is 17.3 Å². The Kier molecular flexibility index (Phi) is 1.53. The van der Waals surface area contributed by atoms with Gasteiger partial charge in [0.25, 0.3) is 0 Å². The Bertz CT molecular complexity index is 200. The lowest BCUT2D eigenvalue weighted by molar-refractivity contribution is -0.144. The highest BCUT2D eigenvalue weighted by Gasteiger charge is 2.71. The average Bonchev–Trinajstić information content (AvgIpc) is 2.34. The van der Waals surface area contributed by atoms with Crippen molar-refractivity contribution in [1.82, 2.24) is 0 Å². The van der Waals surface area contributed by atoms with E-state index < -0.39 is 5.54 Å². The molecule has 2 atom stereocenters. The quantitative estimate of drug-likeness (QED) is 0.565. The molecule has 0 saturated heterocycles. The van der Waals surface area contributed by atoms with E-state index >= 15 is 0 Å². The first-order valence-corrected chi connectivity index (χ1v) is 3.76. The number of rotatable bonds is 1. The van der Waals surface area contributed by atoms with Crippen LogP contribution in [0.5, 0.6) is 0 Å². The molecule has 3 nitrogen and oxygen atoms in total. The number of hydrogen-bond donors (Lipinski definition) is 1. The summed E-state index contributed by atoms with van der Waals surface area (Å²) >= 11 is 0. The van der Waals surface area contributed by atoms with Gasteiger partial charge in [-0.1, -0.05) is 20.8 Å². The van der Waals surface area contributed by atoms with E-state index in [9.17, 15) is 4.79 Å². The van der Waals surface area contributed by atoms with Crippen molar-refractivity contribution in [3.05, 3.63) is 0 Å². The van der Waals surface area contributed by atoms with Gasteiger partial charge in [-0.05, 0) is 11.3 Å². The minimum atomic E-state index is -0.748. The van der Waals surface area contributed by atoms with Gasteiger partial charge >= 0.3 is 5.97 Å². The molecule has 3 heteroatoms. The van der Waals surface area contributed by atoms with Gasteiger partial charge < -0.3 is 10.5 Å². The molecule has 0 heterocycles. The van der Waals surface area contributed by atoms with E-state index in [4.69, 9.17) is 5.73 Å². The average molecular weight is 157 g/mol. The maximum absolute atomic E-state index is 11.2. The molecule has 0 aromatic carbocycles. The van der Waals surface area contributed by atoms with Gasteiger partial charge in [0.05, 0.1) is 7.11 Å². The Labute approximate surface area is 66.9 Å². The van der Waals surface area contributed by atoms with Crippen molar-refractivity contribution in [3.8, 4) is 0 Å². The smallest absolute Gasteiger partial charge is 0.326 e. The molecule has 0 aliphatic heterocycles. The Morgan fingerprint density at radius 3 is 2.00 bits per heavy atom.